The molecule has 1 nitrogen and oxygen atoms in total. The van der Waals surface area contributed by atoms with E-state index in [0.29, 0.717) is 5.41 Å². The molecule has 144 valence electrons. The Morgan fingerprint density at radius 1 is 0.857 bits per heavy atom. The maximum atomic E-state index is 2.69. The molecule has 1 aliphatic heterocycles. The van der Waals surface area contributed by atoms with E-state index in [2.05, 4.69) is 80.1 Å². The molecule has 1 aromatic heterocycles. The fourth-order valence-electron chi connectivity index (χ4n) is 6.53. The number of hydrogen-bond acceptors (Lipinski definition) is 0. The van der Waals surface area contributed by atoms with Crippen molar-refractivity contribution in [3.63, 3.8) is 0 Å². The second-order valence-electron chi connectivity index (χ2n) is 8.88. The highest BCUT2D eigenvalue weighted by atomic mass is 15.1. The van der Waals surface area contributed by atoms with E-state index in [4.69, 9.17) is 0 Å². The highest BCUT2D eigenvalue weighted by molar-refractivity contribution is 5.96. The number of rotatable bonds is 5. The Bertz CT molecular complexity index is 1040. The molecule has 0 amide bonds. The maximum Gasteiger partial charge on any atom is 0.221 e. The molecular formula is C27H32N+. The van der Waals surface area contributed by atoms with Crippen molar-refractivity contribution in [1.82, 2.24) is 0 Å². The molecule has 0 radical (unpaired) electrons. The zero-order chi connectivity index (χ0) is 19.4. The first kappa shape index (κ1) is 17.9. The molecule has 1 aliphatic carbocycles. The standard InChI is InChI=1S/C27H32N/c1-4-7-11-20-12-10-14-22-21(20)16-19-28-25(22)23-13-8-9-15-24(23)26(5-2)17-18-27(26,28)6-3/h8-10,12-16,19H,4-7,11,17-18H2,1-3H3/q+1. The minimum Gasteiger partial charge on any atom is -0.191 e. The van der Waals surface area contributed by atoms with Crippen molar-refractivity contribution in [3.8, 4) is 11.3 Å². The first-order valence-corrected chi connectivity index (χ1v) is 11.3. The van der Waals surface area contributed by atoms with Crippen LogP contribution in [0.5, 0.6) is 0 Å². The molecule has 2 heterocycles. The molecular weight excluding hydrogens is 338 g/mol. The lowest BCUT2D eigenvalue weighted by Gasteiger charge is -2.57. The van der Waals surface area contributed by atoms with Gasteiger partial charge in [0.05, 0.1) is 16.4 Å². The van der Waals surface area contributed by atoms with Gasteiger partial charge in [0.1, 0.15) is 0 Å². The third-order valence-electron chi connectivity index (χ3n) is 8.09. The van der Waals surface area contributed by atoms with Gasteiger partial charge in [-0.05, 0) is 54.3 Å². The molecule has 0 N–H and O–H groups in total. The van der Waals surface area contributed by atoms with E-state index in [1.165, 1.54) is 72.5 Å². The fourth-order valence-corrected chi connectivity index (χ4v) is 6.53. The zero-order valence-corrected chi connectivity index (χ0v) is 17.6. The second kappa shape index (κ2) is 6.44. The predicted molar refractivity (Wildman–Crippen MR) is 118 cm³/mol. The van der Waals surface area contributed by atoms with E-state index < -0.39 is 0 Å². The van der Waals surface area contributed by atoms with Crippen molar-refractivity contribution in [2.45, 2.75) is 76.7 Å². The molecule has 2 unspecified atom stereocenters. The smallest absolute Gasteiger partial charge is 0.191 e. The van der Waals surface area contributed by atoms with E-state index in [0.717, 1.165) is 0 Å². The highest BCUT2D eigenvalue weighted by Crippen LogP contribution is 2.62. The molecule has 0 bridgehead atoms. The minimum atomic E-state index is 0.235. The number of benzene rings is 2. The highest BCUT2D eigenvalue weighted by Gasteiger charge is 2.68. The van der Waals surface area contributed by atoms with E-state index in [-0.39, 0.29) is 5.54 Å². The molecule has 1 heteroatoms. The first-order valence-electron chi connectivity index (χ1n) is 11.3. The number of nitrogens with zero attached hydrogens (tertiary/aromatic N) is 1. The van der Waals surface area contributed by atoms with Crippen LogP contribution in [0.1, 0.15) is 70.4 Å². The lowest BCUT2D eigenvalue weighted by Crippen LogP contribution is -2.75. The summed E-state index contributed by atoms with van der Waals surface area (Å²) in [4.78, 5) is 0. The van der Waals surface area contributed by atoms with Gasteiger partial charge in [-0.15, -0.1) is 0 Å². The molecule has 2 aromatic carbocycles. The topological polar surface area (TPSA) is 3.88 Å². The number of hydrogen-bond donors (Lipinski definition) is 0. The van der Waals surface area contributed by atoms with E-state index in [9.17, 15) is 0 Å². The Labute approximate surface area is 169 Å². The second-order valence-corrected chi connectivity index (χ2v) is 8.88. The van der Waals surface area contributed by atoms with Crippen LogP contribution in [0.2, 0.25) is 0 Å². The van der Waals surface area contributed by atoms with Gasteiger partial charge in [0.2, 0.25) is 5.69 Å². The number of aryl methyl sites for hydroxylation is 1. The van der Waals surface area contributed by atoms with Crippen LogP contribution in [-0.4, -0.2) is 0 Å². The van der Waals surface area contributed by atoms with Crippen LogP contribution in [0.4, 0.5) is 0 Å². The number of fused-ring (bicyclic) bond motifs is 8. The lowest BCUT2D eigenvalue weighted by molar-refractivity contribution is -0.782. The van der Waals surface area contributed by atoms with Crippen molar-refractivity contribution in [2.75, 3.05) is 0 Å². The summed E-state index contributed by atoms with van der Waals surface area (Å²) >= 11 is 0. The summed E-state index contributed by atoms with van der Waals surface area (Å²) in [5.74, 6) is 0. The molecule has 1 fully saturated rings. The molecule has 0 spiro atoms. The third-order valence-corrected chi connectivity index (χ3v) is 8.09. The maximum absolute atomic E-state index is 2.69. The van der Waals surface area contributed by atoms with Crippen LogP contribution >= 0.6 is 0 Å². The first-order chi connectivity index (χ1) is 13.7. The van der Waals surface area contributed by atoms with Crippen molar-refractivity contribution in [1.29, 1.82) is 0 Å². The fraction of sp³-hybridized carbons (Fsp3) is 0.444. The Hall–Kier alpha value is -2.15. The largest absolute Gasteiger partial charge is 0.221 e. The van der Waals surface area contributed by atoms with Crippen molar-refractivity contribution in [3.05, 3.63) is 65.9 Å². The SMILES string of the molecule is CCCCc1cccc2c3[n+](ccc12)C1(CC)CCC1(CC)c1ccccc1-3. The van der Waals surface area contributed by atoms with Gasteiger partial charge in [-0.25, -0.2) is 0 Å². The van der Waals surface area contributed by atoms with E-state index >= 15 is 0 Å². The molecule has 1 saturated carbocycles. The summed E-state index contributed by atoms with van der Waals surface area (Å²) in [7, 11) is 0. The molecule has 3 aromatic rings. The van der Waals surface area contributed by atoms with Gasteiger partial charge in [-0.3, -0.25) is 0 Å². The monoisotopic (exact) mass is 370 g/mol. The van der Waals surface area contributed by atoms with Crippen molar-refractivity contribution < 1.29 is 4.57 Å². The molecule has 5 rings (SSSR count). The average molecular weight is 371 g/mol. The molecule has 28 heavy (non-hydrogen) atoms. The summed E-state index contributed by atoms with van der Waals surface area (Å²) in [6.07, 6.45) is 11.1. The summed E-state index contributed by atoms with van der Waals surface area (Å²) < 4.78 is 2.69. The van der Waals surface area contributed by atoms with Gasteiger partial charge < -0.3 is 0 Å². The number of pyridine rings is 1. The normalized spacial score (nSPS) is 25.0. The Morgan fingerprint density at radius 2 is 1.71 bits per heavy atom. The van der Waals surface area contributed by atoms with E-state index in [1.54, 1.807) is 5.56 Å². The van der Waals surface area contributed by atoms with Crippen LogP contribution in [0.25, 0.3) is 22.0 Å². The average Bonchev–Trinajstić information content (AvgIpc) is 2.72. The van der Waals surface area contributed by atoms with Gasteiger partial charge in [-0.1, -0.05) is 57.5 Å². The summed E-state index contributed by atoms with van der Waals surface area (Å²) in [6, 6.07) is 18.6. The summed E-state index contributed by atoms with van der Waals surface area (Å²) in [6.45, 7) is 7.08. The molecule has 2 atom stereocenters. The Balaban J connectivity index is 1.85. The van der Waals surface area contributed by atoms with Crippen LogP contribution in [-0.2, 0) is 17.4 Å². The van der Waals surface area contributed by atoms with Gasteiger partial charge in [-0.2, -0.15) is 4.57 Å². The van der Waals surface area contributed by atoms with Gasteiger partial charge >= 0.3 is 0 Å². The summed E-state index contributed by atoms with van der Waals surface area (Å²) in [5.41, 5.74) is 6.55. The van der Waals surface area contributed by atoms with Gasteiger partial charge in [0.25, 0.3) is 0 Å². The lowest BCUT2D eigenvalue weighted by atomic mass is 9.47. The van der Waals surface area contributed by atoms with Crippen LogP contribution in [0.3, 0.4) is 0 Å². The predicted octanol–water partition coefficient (Wildman–Crippen LogP) is 6.70. The minimum absolute atomic E-state index is 0.235. The van der Waals surface area contributed by atoms with Crippen LogP contribution in [0, 0.1) is 0 Å². The van der Waals surface area contributed by atoms with Crippen LogP contribution in [0.15, 0.2) is 54.7 Å². The Kier molecular flexibility index (Phi) is 4.12. The van der Waals surface area contributed by atoms with E-state index in [1.807, 2.05) is 0 Å². The zero-order valence-electron chi connectivity index (χ0n) is 17.6. The van der Waals surface area contributed by atoms with Crippen molar-refractivity contribution in [2.24, 2.45) is 0 Å². The van der Waals surface area contributed by atoms with Gasteiger partial charge in [0.15, 0.2) is 11.7 Å². The molecule has 0 saturated heterocycles. The Morgan fingerprint density at radius 3 is 2.43 bits per heavy atom. The molecule has 2 aliphatic rings. The third kappa shape index (κ3) is 2.05. The van der Waals surface area contributed by atoms with Crippen LogP contribution < -0.4 is 4.57 Å². The van der Waals surface area contributed by atoms with Gasteiger partial charge in [0, 0.05) is 18.9 Å². The number of unbranched alkanes of at least 4 members (excludes halogenated alkanes) is 1. The summed E-state index contributed by atoms with van der Waals surface area (Å²) in [5, 5.41) is 2.89. The quantitative estimate of drug-likeness (QED) is 0.440. The number of aromatic nitrogens is 1. The van der Waals surface area contributed by atoms with Crippen molar-refractivity contribution >= 4 is 10.8 Å².